The van der Waals surface area contributed by atoms with Crippen molar-refractivity contribution in [3.8, 4) is 0 Å². The topological polar surface area (TPSA) is 81.7 Å². The number of rotatable bonds is 7. The second kappa shape index (κ2) is 10.4. The molecule has 4 rings (SSSR count). The summed E-state index contributed by atoms with van der Waals surface area (Å²) in [5, 5.41) is 12.6. The number of carbonyl (C=O) groups excluding carboxylic acids is 2. The summed E-state index contributed by atoms with van der Waals surface area (Å²) >= 11 is 0. The van der Waals surface area contributed by atoms with Gasteiger partial charge in [0.25, 0.3) is 5.91 Å². The highest BCUT2D eigenvalue weighted by molar-refractivity contribution is 5.99. The van der Waals surface area contributed by atoms with Gasteiger partial charge in [-0.2, -0.15) is 0 Å². The van der Waals surface area contributed by atoms with E-state index in [1.165, 1.54) is 5.56 Å². The first kappa shape index (κ1) is 22.7. The lowest BCUT2D eigenvalue weighted by Gasteiger charge is -2.28. The van der Waals surface area contributed by atoms with E-state index in [1.54, 1.807) is 10.4 Å². The van der Waals surface area contributed by atoms with Crippen LogP contribution in [0.4, 0.5) is 5.69 Å². The second-order valence-corrected chi connectivity index (χ2v) is 8.51. The van der Waals surface area contributed by atoms with Gasteiger partial charge in [-0.05, 0) is 48.9 Å². The molecule has 1 unspecified atom stereocenters. The number of fused-ring (bicyclic) bond motifs is 1. The minimum atomic E-state index is -0.742. The highest BCUT2D eigenvalue weighted by atomic mass is 16.5. The first-order valence-corrected chi connectivity index (χ1v) is 11.2. The Morgan fingerprint density at radius 1 is 1.00 bits per heavy atom. The lowest BCUT2D eigenvalue weighted by molar-refractivity contribution is -0.132. The molecule has 6 nitrogen and oxygen atoms in total. The fraction of sp³-hybridized carbons (Fsp3) is 0.259. The Morgan fingerprint density at radius 2 is 1.70 bits per heavy atom. The molecule has 0 radical (unpaired) electrons. The predicted octanol–water partition coefficient (Wildman–Crippen LogP) is 3.55. The van der Waals surface area contributed by atoms with Crippen LogP contribution in [0.15, 0.2) is 78.9 Å². The fourth-order valence-electron chi connectivity index (χ4n) is 4.31. The number of hydrogen-bond acceptors (Lipinski definition) is 4. The molecule has 3 aromatic carbocycles. The minimum absolute atomic E-state index is 0.0793. The van der Waals surface area contributed by atoms with Crippen LogP contribution in [0.3, 0.4) is 0 Å². The second-order valence-electron chi connectivity index (χ2n) is 8.51. The number of carbonyl (C=O) groups is 2. The number of nitrogens with zero attached hydrogens (tertiary/aromatic N) is 1. The van der Waals surface area contributed by atoms with E-state index in [4.69, 9.17) is 0 Å². The van der Waals surface area contributed by atoms with Crippen LogP contribution >= 0.6 is 0 Å². The quantitative estimate of drug-likeness (QED) is 0.385. The van der Waals surface area contributed by atoms with Gasteiger partial charge in [0.05, 0.1) is 18.6 Å². The van der Waals surface area contributed by atoms with E-state index in [0.29, 0.717) is 25.8 Å². The molecule has 0 aromatic heterocycles. The lowest BCUT2D eigenvalue weighted by atomic mass is 10.0. The van der Waals surface area contributed by atoms with Crippen LogP contribution in [-0.2, 0) is 29.0 Å². The molecule has 6 heteroatoms. The Bertz CT molecular complexity index is 1100. The lowest BCUT2D eigenvalue weighted by Crippen LogP contribution is -2.54. The summed E-state index contributed by atoms with van der Waals surface area (Å²) in [6.07, 6.45) is 1.63. The molecule has 1 aliphatic rings. The van der Waals surface area contributed by atoms with Crippen molar-refractivity contribution in [3.63, 3.8) is 0 Å². The average molecular weight is 444 g/mol. The molecule has 0 aliphatic carbocycles. The third kappa shape index (κ3) is 5.48. The van der Waals surface area contributed by atoms with Crippen molar-refractivity contribution >= 4 is 17.5 Å². The fourth-order valence-corrected chi connectivity index (χ4v) is 4.31. The van der Waals surface area contributed by atoms with Crippen LogP contribution in [-0.4, -0.2) is 29.1 Å². The maximum absolute atomic E-state index is 13.7. The molecular weight excluding hydrogens is 414 g/mol. The summed E-state index contributed by atoms with van der Waals surface area (Å²) in [7, 11) is 0. The number of aryl methyl sites for hydroxylation is 2. The molecule has 1 aliphatic heterocycles. The molecule has 0 bridgehead atoms. The van der Waals surface area contributed by atoms with E-state index in [-0.39, 0.29) is 5.91 Å². The zero-order valence-electron chi connectivity index (χ0n) is 18.7. The SMILES string of the molecule is Cc1ccc(CN2C(=O)C(N[C@@H](Cc3ccccc3)C(=O)NO)CCc3ccccc32)cc1. The van der Waals surface area contributed by atoms with Gasteiger partial charge in [0.1, 0.15) is 0 Å². The first-order chi connectivity index (χ1) is 16.0. The zero-order valence-corrected chi connectivity index (χ0v) is 18.7. The van der Waals surface area contributed by atoms with Gasteiger partial charge in [0.2, 0.25) is 5.91 Å². The van der Waals surface area contributed by atoms with E-state index in [9.17, 15) is 14.8 Å². The van der Waals surface area contributed by atoms with Crippen LogP contribution in [0.1, 0.15) is 28.7 Å². The van der Waals surface area contributed by atoms with Crippen LogP contribution < -0.4 is 15.7 Å². The van der Waals surface area contributed by atoms with Crippen LogP contribution in [0.25, 0.3) is 0 Å². The number of amides is 2. The monoisotopic (exact) mass is 443 g/mol. The van der Waals surface area contributed by atoms with Gasteiger partial charge >= 0.3 is 0 Å². The van der Waals surface area contributed by atoms with E-state index in [1.807, 2.05) is 79.7 Å². The Kier molecular flexibility index (Phi) is 7.17. The van der Waals surface area contributed by atoms with Crippen LogP contribution in [0.2, 0.25) is 0 Å². The normalized spacial score (nSPS) is 16.6. The van der Waals surface area contributed by atoms with Gasteiger partial charge < -0.3 is 4.90 Å². The summed E-state index contributed by atoms with van der Waals surface area (Å²) in [6.45, 7) is 2.49. The molecule has 2 amide bonds. The third-order valence-corrected chi connectivity index (χ3v) is 6.12. The largest absolute Gasteiger partial charge is 0.306 e. The standard InChI is InChI=1S/C27H29N3O3/c1-19-11-13-21(14-12-19)18-30-25-10-6-5-9-22(25)15-16-23(27(30)32)28-24(26(31)29-33)17-20-7-3-2-4-8-20/h2-14,23-24,28,33H,15-18H2,1H3,(H,29,31)/t23?,24-/m0/s1. The van der Waals surface area contributed by atoms with Gasteiger partial charge in [-0.15, -0.1) is 0 Å². The van der Waals surface area contributed by atoms with Crippen molar-refractivity contribution in [1.82, 2.24) is 10.8 Å². The Morgan fingerprint density at radius 3 is 2.42 bits per heavy atom. The van der Waals surface area contributed by atoms with Gasteiger partial charge in [-0.25, -0.2) is 5.48 Å². The number of hydrogen-bond donors (Lipinski definition) is 3. The molecule has 3 aromatic rings. The minimum Gasteiger partial charge on any atom is -0.306 e. The van der Waals surface area contributed by atoms with Gasteiger partial charge in [0.15, 0.2) is 0 Å². The van der Waals surface area contributed by atoms with Crippen LogP contribution in [0, 0.1) is 6.92 Å². The average Bonchev–Trinajstić information content (AvgIpc) is 2.97. The summed E-state index contributed by atoms with van der Waals surface area (Å²) in [4.78, 5) is 28.0. The van der Waals surface area contributed by atoms with Crippen molar-refractivity contribution in [2.24, 2.45) is 0 Å². The number of para-hydroxylation sites is 1. The number of hydroxylamine groups is 1. The molecular formula is C27H29N3O3. The molecule has 0 spiro atoms. The molecule has 33 heavy (non-hydrogen) atoms. The number of anilines is 1. The Hall–Kier alpha value is -3.48. The van der Waals surface area contributed by atoms with Crippen molar-refractivity contribution < 1.29 is 14.8 Å². The summed E-state index contributed by atoms with van der Waals surface area (Å²) in [5.41, 5.74) is 6.91. The summed E-state index contributed by atoms with van der Waals surface area (Å²) in [6, 6.07) is 24.4. The molecule has 0 saturated carbocycles. The number of benzene rings is 3. The molecule has 2 atom stereocenters. The molecule has 0 fully saturated rings. The van der Waals surface area contributed by atoms with Gasteiger partial charge in [0, 0.05) is 5.69 Å². The Labute approximate surface area is 194 Å². The van der Waals surface area contributed by atoms with Gasteiger partial charge in [-0.1, -0.05) is 78.4 Å². The van der Waals surface area contributed by atoms with E-state index >= 15 is 0 Å². The first-order valence-electron chi connectivity index (χ1n) is 11.2. The van der Waals surface area contributed by atoms with E-state index < -0.39 is 18.0 Å². The maximum atomic E-state index is 13.7. The van der Waals surface area contributed by atoms with Crippen molar-refractivity contribution in [3.05, 3.63) is 101 Å². The molecule has 170 valence electrons. The van der Waals surface area contributed by atoms with E-state index in [2.05, 4.69) is 11.4 Å². The number of nitrogens with one attached hydrogen (secondary N) is 2. The van der Waals surface area contributed by atoms with Crippen molar-refractivity contribution in [2.45, 2.75) is 44.8 Å². The maximum Gasteiger partial charge on any atom is 0.260 e. The summed E-state index contributed by atoms with van der Waals surface area (Å²) < 4.78 is 0. The predicted molar refractivity (Wildman–Crippen MR) is 128 cm³/mol. The smallest absolute Gasteiger partial charge is 0.260 e. The molecule has 3 N–H and O–H groups in total. The van der Waals surface area contributed by atoms with E-state index in [0.717, 1.165) is 22.4 Å². The zero-order chi connectivity index (χ0) is 23.2. The van der Waals surface area contributed by atoms with Crippen molar-refractivity contribution in [1.29, 1.82) is 0 Å². The summed E-state index contributed by atoms with van der Waals surface area (Å²) in [5.74, 6) is -0.636. The highest BCUT2D eigenvalue weighted by Crippen LogP contribution is 2.29. The Balaban J connectivity index is 1.61. The molecule has 1 heterocycles. The van der Waals surface area contributed by atoms with Crippen molar-refractivity contribution in [2.75, 3.05) is 4.90 Å². The van der Waals surface area contributed by atoms with Gasteiger partial charge in [-0.3, -0.25) is 20.1 Å². The highest BCUT2D eigenvalue weighted by Gasteiger charge is 2.33. The van der Waals surface area contributed by atoms with Crippen LogP contribution in [0.5, 0.6) is 0 Å². The molecule has 0 saturated heterocycles. The third-order valence-electron chi connectivity index (χ3n) is 6.12.